The topological polar surface area (TPSA) is 0 Å². The summed E-state index contributed by atoms with van der Waals surface area (Å²) in [5.41, 5.74) is 18.4. The summed E-state index contributed by atoms with van der Waals surface area (Å²) in [5.74, 6) is 2.44. The van der Waals surface area contributed by atoms with E-state index in [9.17, 15) is 0 Å². The molecule has 0 radical (unpaired) electrons. The number of fused-ring (bicyclic) bond motifs is 2. The number of benzene rings is 4. The first-order valence-corrected chi connectivity index (χ1v) is 27.7. The minimum Gasteiger partial charge on any atom is -1.00 e. The van der Waals surface area contributed by atoms with E-state index in [0.717, 1.165) is 0 Å². The van der Waals surface area contributed by atoms with Gasteiger partial charge in [0.2, 0.25) is 0 Å². The van der Waals surface area contributed by atoms with Gasteiger partial charge in [0.25, 0.3) is 0 Å². The van der Waals surface area contributed by atoms with Crippen LogP contribution in [-0.4, -0.2) is 0 Å². The molecule has 2 aliphatic carbocycles. The van der Waals surface area contributed by atoms with Crippen LogP contribution >= 0.6 is 0 Å². The third-order valence-electron chi connectivity index (χ3n) is 11.3. The van der Waals surface area contributed by atoms with Gasteiger partial charge in [-0.05, 0) is 0 Å². The largest absolute Gasteiger partial charge is 1.00 e. The maximum Gasteiger partial charge on any atom is -1.00 e. The molecule has 0 aromatic heterocycles. The molecule has 4 aromatic carbocycles. The molecule has 7 rings (SSSR count). The van der Waals surface area contributed by atoms with Crippen molar-refractivity contribution < 1.29 is 44.8 Å². The Morgan fingerprint density at radius 1 is 0.510 bits per heavy atom. The molecule has 3 heteroatoms. The van der Waals surface area contributed by atoms with Gasteiger partial charge < -0.3 is 24.8 Å². The van der Waals surface area contributed by atoms with E-state index in [4.69, 9.17) is 0 Å². The van der Waals surface area contributed by atoms with Crippen LogP contribution in [0, 0.1) is 11.8 Å². The van der Waals surface area contributed by atoms with E-state index in [-0.39, 0.29) is 24.8 Å². The maximum atomic E-state index is 2.68. The molecular weight excluding hydrogens is 802 g/mol. The second-order valence-electron chi connectivity index (χ2n) is 16.4. The zero-order valence-electron chi connectivity index (χ0n) is 30.8. The molecule has 49 heavy (non-hydrogen) atoms. The van der Waals surface area contributed by atoms with Crippen LogP contribution in [0.3, 0.4) is 0 Å². The smallest absolute Gasteiger partial charge is 1.00 e. The van der Waals surface area contributed by atoms with Crippen LogP contribution in [0.15, 0.2) is 96.1 Å². The van der Waals surface area contributed by atoms with Crippen molar-refractivity contribution in [3.63, 3.8) is 0 Å². The SMILES string of the molecule is CC(C)CC1=Cc2c(-c3ccc(C(C)C)cc3)cccc2[CH]1[Hf+2]1([CH]2C(CC(C)C)=Cc3c(-c4ccc(C(C)C)cc4)cccc32)[CH2][CH2]1.[Cl-].[Cl-]. The minimum atomic E-state index is -2.99. The van der Waals surface area contributed by atoms with E-state index in [1.165, 1.54) is 65.7 Å². The molecule has 3 aliphatic rings. The Balaban J connectivity index is 0.00000234. The number of halogens is 2. The molecule has 1 fully saturated rings. The first-order valence-electron chi connectivity index (χ1n) is 18.4. The molecule has 1 aliphatic heterocycles. The molecular formula is C46H54Cl2Hf. The minimum absolute atomic E-state index is 0. The molecule has 256 valence electrons. The Kier molecular flexibility index (Phi) is 11.8. The summed E-state index contributed by atoms with van der Waals surface area (Å²) in [7, 11) is 0. The standard InChI is InChI=1S/2C22H25.C2H4.2ClH.Hf/c2*1-15(2)12-17-13-20-6-5-7-21(22(20)14-17)19-10-8-18(9-11-19)16(3)4;1-2;;;/h2*5-11,13-16H,12H2,1-4H3;1-2H2;2*1H;/q;;;;;+2/p-2. The van der Waals surface area contributed by atoms with Crippen molar-refractivity contribution in [1.82, 2.24) is 0 Å². The molecule has 4 aromatic rings. The predicted molar refractivity (Wildman–Crippen MR) is 202 cm³/mol. The van der Waals surface area contributed by atoms with Gasteiger partial charge in [0.05, 0.1) is 0 Å². The van der Waals surface area contributed by atoms with Gasteiger partial charge in [-0.2, -0.15) is 0 Å². The molecule has 0 spiro atoms. The van der Waals surface area contributed by atoms with Crippen LogP contribution in [0.2, 0.25) is 8.35 Å². The Morgan fingerprint density at radius 3 is 1.18 bits per heavy atom. The third kappa shape index (κ3) is 7.16. The van der Waals surface area contributed by atoms with E-state index >= 15 is 0 Å². The monoisotopic (exact) mass is 856 g/mol. The Bertz CT molecular complexity index is 1700. The fourth-order valence-electron chi connectivity index (χ4n) is 9.07. The fourth-order valence-corrected chi connectivity index (χ4v) is 37.0. The van der Waals surface area contributed by atoms with Gasteiger partial charge >= 0.3 is 291 Å². The summed E-state index contributed by atoms with van der Waals surface area (Å²) in [6.45, 7) is 18.9. The van der Waals surface area contributed by atoms with Crippen LogP contribution in [0.5, 0.6) is 0 Å². The van der Waals surface area contributed by atoms with Crippen LogP contribution in [0.4, 0.5) is 0 Å². The van der Waals surface area contributed by atoms with Crippen molar-refractivity contribution in [3.05, 3.63) is 129 Å². The van der Waals surface area contributed by atoms with Crippen LogP contribution in [0.1, 0.15) is 121 Å². The van der Waals surface area contributed by atoms with E-state index in [0.29, 0.717) is 31.0 Å². The molecule has 1 heterocycles. The van der Waals surface area contributed by atoms with Gasteiger partial charge in [0.15, 0.2) is 0 Å². The van der Waals surface area contributed by atoms with Crippen molar-refractivity contribution in [1.29, 1.82) is 0 Å². The summed E-state index contributed by atoms with van der Waals surface area (Å²) in [5, 5.41) is 0. The Hall–Kier alpha value is -2.19. The zero-order chi connectivity index (χ0) is 33.0. The first kappa shape index (κ1) is 38.1. The second kappa shape index (κ2) is 15.2. The zero-order valence-corrected chi connectivity index (χ0v) is 35.9. The van der Waals surface area contributed by atoms with Crippen molar-refractivity contribution in [2.24, 2.45) is 11.8 Å². The summed E-state index contributed by atoms with van der Waals surface area (Å²) >= 11 is -2.99. The van der Waals surface area contributed by atoms with Crippen molar-refractivity contribution in [2.75, 3.05) is 0 Å². The molecule has 0 saturated carbocycles. The fraction of sp³-hybridized carbons (Fsp3) is 0.391. The van der Waals surface area contributed by atoms with Gasteiger partial charge in [0, 0.05) is 0 Å². The van der Waals surface area contributed by atoms with Crippen LogP contribution in [0.25, 0.3) is 34.4 Å². The summed E-state index contributed by atoms with van der Waals surface area (Å²) in [6.07, 6.45) is 7.80. The third-order valence-corrected chi connectivity index (χ3v) is 30.5. The number of hydrogen-bond donors (Lipinski definition) is 0. The van der Waals surface area contributed by atoms with Crippen molar-refractivity contribution in [3.8, 4) is 22.3 Å². The molecule has 1 saturated heterocycles. The summed E-state index contributed by atoms with van der Waals surface area (Å²) in [6, 6.07) is 33.5. The second-order valence-corrected chi connectivity index (χ2v) is 33.0. The number of rotatable bonds is 10. The Morgan fingerprint density at radius 2 is 0.878 bits per heavy atom. The summed E-state index contributed by atoms with van der Waals surface area (Å²) < 4.78 is 4.42. The number of hydrogen-bond acceptors (Lipinski definition) is 0. The van der Waals surface area contributed by atoms with Gasteiger partial charge in [-0.3, -0.25) is 0 Å². The molecule has 0 amide bonds. The Labute approximate surface area is 314 Å². The average Bonchev–Trinajstić information content (AvgIpc) is 3.60. The predicted octanol–water partition coefficient (Wildman–Crippen LogP) is 7.95. The van der Waals surface area contributed by atoms with Gasteiger partial charge in [-0.1, -0.05) is 0 Å². The number of allylic oxidation sites excluding steroid dienone is 2. The van der Waals surface area contributed by atoms with E-state index in [1.54, 1.807) is 22.3 Å². The van der Waals surface area contributed by atoms with Gasteiger partial charge in [0.1, 0.15) is 0 Å². The van der Waals surface area contributed by atoms with E-state index in [1.807, 2.05) is 0 Å². The van der Waals surface area contributed by atoms with E-state index < -0.39 is 20.0 Å². The quantitative estimate of drug-likeness (QED) is 0.142. The van der Waals surface area contributed by atoms with Gasteiger partial charge in [-0.25, -0.2) is 0 Å². The molecule has 0 nitrogen and oxygen atoms in total. The first-order chi connectivity index (χ1) is 22.6. The maximum absolute atomic E-state index is 2.99. The van der Waals surface area contributed by atoms with Crippen molar-refractivity contribution in [2.45, 2.75) is 95.8 Å². The van der Waals surface area contributed by atoms with Gasteiger partial charge in [-0.15, -0.1) is 0 Å². The van der Waals surface area contributed by atoms with Crippen molar-refractivity contribution >= 4 is 12.2 Å². The molecule has 0 bridgehead atoms. The van der Waals surface area contributed by atoms with E-state index in [2.05, 4.69) is 152 Å². The molecule has 2 unspecified atom stereocenters. The average molecular weight is 856 g/mol. The normalized spacial score (nSPS) is 18.0. The molecule has 0 N–H and O–H groups in total. The van der Waals surface area contributed by atoms with Crippen LogP contribution in [-0.2, 0) is 20.0 Å². The van der Waals surface area contributed by atoms with Crippen LogP contribution < -0.4 is 24.8 Å². The summed E-state index contributed by atoms with van der Waals surface area (Å²) in [4.78, 5) is 0. The molecule has 2 atom stereocenters.